The van der Waals surface area contributed by atoms with Crippen LogP contribution in [0.4, 0.5) is 20.4 Å². The number of halogens is 2. The summed E-state index contributed by atoms with van der Waals surface area (Å²) in [6.07, 6.45) is 15.8. The van der Waals surface area contributed by atoms with E-state index in [1.54, 1.807) is 24.6 Å². The van der Waals surface area contributed by atoms with Gasteiger partial charge in [0.05, 0.1) is 12.0 Å². The molecule has 63 heavy (non-hydrogen) atoms. The molecule has 4 bridgehead atoms. The molecule has 0 unspecified atom stereocenters. The molecule has 4 N–H and O–H groups in total. The Kier molecular flexibility index (Phi) is 10.2. The van der Waals surface area contributed by atoms with Gasteiger partial charge in [0.25, 0.3) is 0 Å². The summed E-state index contributed by atoms with van der Waals surface area (Å²) >= 11 is 0. The summed E-state index contributed by atoms with van der Waals surface area (Å²) in [5.41, 5.74) is 5.23. The second kappa shape index (κ2) is 16.3. The highest BCUT2D eigenvalue weighted by atomic mass is 19.1. The summed E-state index contributed by atoms with van der Waals surface area (Å²) in [5.74, 6) is 6.74. The SMILES string of the molecule is C[C@H]1C2CCC(CC2)[C@@H]1Nc1cc(-c2ccccc2)nc(-c2c[nH]c3nc(F)ccc23)n1.C[C@H]1C2CCC(CC2)[C@@H]1Nc1cc(-c2ccco2)nc(-c2c[nH]c3nc(F)ccc23)n1. The number of fused-ring (bicyclic) bond motifs is 8. The maximum Gasteiger partial charge on any atom is 0.214 e. The Morgan fingerprint density at radius 1 is 0.540 bits per heavy atom. The molecule has 0 aliphatic heterocycles. The molecule has 6 aliphatic rings. The molecule has 0 spiro atoms. The summed E-state index contributed by atoms with van der Waals surface area (Å²) in [7, 11) is 0. The van der Waals surface area contributed by atoms with Crippen molar-refractivity contribution in [3.05, 3.63) is 109 Å². The van der Waals surface area contributed by atoms with Gasteiger partial charge in [0.15, 0.2) is 17.4 Å². The predicted molar refractivity (Wildman–Crippen MR) is 241 cm³/mol. The van der Waals surface area contributed by atoms with E-state index in [0.29, 0.717) is 64.5 Å². The topological polar surface area (TPSA) is 146 Å². The summed E-state index contributed by atoms with van der Waals surface area (Å²) < 4.78 is 32.8. The van der Waals surface area contributed by atoms with Crippen molar-refractivity contribution in [1.29, 1.82) is 0 Å². The van der Waals surface area contributed by atoms with Crippen molar-refractivity contribution >= 4 is 33.7 Å². The molecule has 8 aromatic rings. The van der Waals surface area contributed by atoms with Crippen LogP contribution in [-0.4, -0.2) is 52.0 Å². The van der Waals surface area contributed by atoms with Gasteiger partial charge in [-0.05, 0) is 123 Å². The highest BCUT2D eigenvalue weighted by Crippen LogP contribution is 2.47. The number of hydrogen-bond donors (Lipinski definition) is 4. The van der Waals surface area contributed by atoms with Gasteiger partial charge in [0.1, 0.15) is 28.6 Å². The van der Waals surface area contributed by atoms with Gasteiger partial charge in [0, 0.05) is 64.1 Å². The molecule has 14 rings (SSSR count). The van der Waals surface area contributed by atoms with Crippen molar-refractivity contribution in [2.75, 3.05) is 10.6 Å². The van der Waals surface area contributed by atoms with Crippen LogP contribution in [0.2, 0.25) is 0 Å². The molecule has 0 amide bonds. The molecular formula is C50H50F2N10O. The number of aromatic amines is 2. The first-order valence-corrected chi connectivity index (χ1v) is 22.5. The lowest BCUT2D eigenvalue weighted by atomic mass is 9.62. The van der Waals surface area contributed by atoms with E-state index in [-0.39, 0.29) is 0 Å². The van der Waals surface area contributed by atoms with Gasteiger partial charge < -0.3 is 25.0 Å². The predicted octanol–water partition coefficient (Wildman–Crippen LogP) is 11.7. The second-order valence-corrected chi connectivity index (χ2v) is 18.1. The number of nitrogens with one attached hydrogen (secondary N) is 4. The molecule has 13 heteroatoms. The van der Waals surface area contributed by atoms with Crippen molar-refractivity contribution < 1.29 is 13.2 Å². The van der Waals surface area contributed by atoms with Gasteiger partial charge >= 0.3 is 0 Å². The summed E-state index contributed by atoms with van der Waals surface area (Å²) in [6.45, 7) is 4.75. The van der Waals surface area contributed by atoms with Gasteiger partial charge in [-0.15, -0.1) is 0 Å². The van der Waals surface area contributed by atoms with E-state index in [4.69, 9.17) is 24.4 Å². The van der Waals surface area contributed by atoms with Gasteiger partial charge in [-0.25, -0.2) is 29.9 Å². The van der Waals surface area contributed by atoms with Crippen molar-refractivity contribution in [1.82, 2.24) is 39.9 Å². The fourth-order valence-electron chi connectivity index (χ4n) is 11.3. The van der Waals surface area contributed by atoms with Crippen LogP contribution in [0.15, 0.2) is 102 Å². The number of rotatable bonds is 8. The lowest BCUT2D eigenvalue weighted by Gasteiger charge is -2.47. The third-order valence-corrected chi connectivity index (χ3v) is 14.7. The fraction of sp³-hybridized carbons (Fsp3) is 0.360. The van der Waals surface area contributed by atoms with Gasteiger partial charge in [0.2, 0.25) is 11.9 Å². The van der Waals surface area contributed by atoms with Gasteiger partial charge in [-0.3, -0.25) is 0 Å². The lowest BCUT2D eigenvalue weighted by molar-refractivity contribution is 0.0928. The van der Waals surface area contributed by atoms with E-state index in [1.165, 1.54) is 63.5 Å². The highest BCUT2D eigenvalue weighted by molar-refractivity contribution is 5.93. The van der Waals surface area contributed by atoms with Crippen LogP contribution >= 0.6 is 0 Å². The largest absolute Gasteiger partial charge is 0.463 e. The van der Waals surface area contributed by atoms with Crippen LogP contribution in [0.5, 0.6) is 0 Å². The Balaban J connectivity index is 0.000000141. The van der Waals surface area contributed by atoms with Crippen molar-refractivity contribution in [3.8, 4) is 45.5 Å². The maximum absolute atomic E-state index is 13.6. The number of nitrogens with zero attached hydrogens (tertiary/aromatic N) is 6. The molecule has 0 radical (unpaired) electrons. The first-order valence-electron chi connectivity index (χ1n) is 22.5. The molecular weight excluding hydrogens is 795 g/mol. The lowest BCUT2D eigenvalue weighted by Crippen LogP contribution is -2.47. The van der Waals surface area contributed by atoms with Gasteiger partial charge in [-0.1, -0.05) is 44.2 Å². The Morgan fingerprint density at radius 3 is 1.52 bits per heavy atom. The molecule has 6 aliphatic carbocycles. The molecule has 4 atom stereocenters. The number of H-pyrrole nitrogens is 2. The zero-order chi connectivity index (χ0) is 42.6. The Bertz CT molecular complexity index is 2880. The third-order valence-electron chi connectivity index (χ3n) is 14.7. The van der Waals surface area contributed by atoms with Crippen LogP contribution in [0.3, 0.4) is 0 Å². The van der Waals surface area contributed by atoms with E-state index in [0.717, 1.165) is 62.3 Å². The number of aromatic nitrogens is 8. The third kappa shape index (κ3) is 7.61. The van der Waals surface area contributed by atoms with Crippen LogP contribution in [0, 0.1) is 47.4 Å². The van der Waals surface area contributed by atoms with Crippen molar-refractivity contribution in [2.45, 2.75) is 77.3 Å². The molecule has 6 saturated carbocycles. The molecule has 1 aromatic carbocycles. The van der Waals surface area contributed by atoms with Crippen LogP contribution in [-0.2, 0) is 0 Å². The number of anilines is 2. The summed E-state index contributed by atoms with van der Waals surface area (Å²) in [6, 6.07) is 25.0. The monoisotopic (exact) mass is 844 g/mol. The van der Waals surface area contributed by atoms with Crippen LogP contribution in [0.1, 0.15) is 65.2 Å². The fourth-order valence-corrected chi connectivity index (χ4v) is 11.3. The maximum atomic E-state index is 13.6. The minimum atomic E-state index is -0.519. The molecule has 7 aromatic heterocycles. The van der Waals surface area contributed by atoms with E-state index in [1.807, 2.05) is 42.6 Å². The van der Waals surface area contributed by atoms with Crippen molar-refractivity contribution in [2.24, 2.45) is 35.5 Å². The van der Waals surface area contributed by atoms with E-state index in [9.17, 15) is 8.78 Å². The number of pyridine rings is 2. The smallest absolute Gasteiger partial charge is 0.214 e. The van der Waals surface area contributed by atoms with Crippen molar-refractivity contribution in [3.63, 3.8) is 0 Å². The van der Waals surface area contributed by atoms with Crippen LogP contribution in [0.25, 0.3) is 67.6 Å². The average Bonchev–Trinajstić information content (AvgIpc) is 4.11. The molecule has 0 saturated heterocycles. The normalized spacial score (nSPS) is 25.0. The Labute approximate surface area is 364 Å². The number of furan rings is 1. The number of benzene rings is 1. The molecule has 6 fully saturated rings. The zero-order valence-corrected chi connectivity index (χ0v) is 35.4. The highest BCUT2D eigenvalue weighted by Gasteiger charge is 2.42. The molecule has 320 valence electrons. The second-order valence-electron chi connectivity index (χ2n) is 18.1. The first-order chi connectivity index (χ1) is 30.8. The summed E-state index contributed by atoms with van der Waals surface area (Å²) in [4.78, 5) is 33.4. The zero-order valence-electron chi connectivity index (χ0n) is 35.4. The Hall–Kier alpha value is -6.50. The van der Waals surface area contributed by atoms with Gasteiger partial charge in [-0.2, -0.15) is 8.78 Å². The first kappa shape index (κ1) is 39.4. The van der Waals surface area contributed by atoms with Crippen LogP contribution < -0.4 is 10.6 Å². The standard InChI is InChI=1S/C26H26FN5.C24H24FN5O/c1-15-16-7-9-18(10-8-16)24(15)31-23-13-21(17-5-3-2-4-6-17)29-26(32-23)20-14-28-25-19(20)11-12-22(27)30-25;1-13-14-4-6-15(7-5-14)22(13)29-21-11-18(19-3-2-10-31-19)27-24(30-21)17-12-26-23-16(17)8-9-20(25)28-23/h2-6,11-16,18,24H,7-10H2,1H3,(H,28,30)(H,29,31,32);2-3,8-15,22H,4-7H2,1H3,(H,26,28)(H,27,29,30)/t15-,16?,18?,24+;13-,14?,15?,22+/m00/s1. The minimum absolute atomic E-state index is 0.415. The van der Waals surface area contributed by atoms with E-state index in [2.05, 4.69) is 62.6 Å². The Morgan fingerprint density at radius 2 is 1.03 bits per heavy atom. The number of hydrogen-bond acceptors (Lipinski definition) is 9. The average molecular weight is 845 g/mol. The molecule has 7 heterocycles. The quantitative estimate of drug-likeness (QED) is 0.110. The minimum Gasteiger partial charge on any atom is -0.463 e. The summed E-state index contributed by atoms with van der Waals surface area (Å²) in [5, 5.41) is 9.14. The van der Waals surface area contributed by atoms with E-state index < -0.39 is 11.9 Å². The van der Waals surface area contributed by atoms with E-state index >= 15 is 0 Å². The molecule has 11 nitrogen and oxygen atoms in total.